The lowest BCUT2D eigenvalue weighted by Gasteiger charge is -2.07. The summed E-state index contributed by atoms with van der Waals surface area (Å²) < 4.78 is 0. The average molecular weight is 266 g/mol. The summed E-state index contributed by atoms with van der Waals surface area (Å²) in [5.41, 5.74) is 2.88. The second-order valence-electron chi connectivity index (χ2n) is 4.51. The van der Waals surface area contributed by atoms with E-state index in [-0.39, 0.29) is 0 Å². The number of nitrogens with one attached hydrogen (secondary N) is 2. The SMILES string of the molecule is N#Cc1cccc(NCCCNCc2cccnc2)c1. The predicted molar refractivity (Wildman–Crippen MR) is 80.2 cm³/mol. The highest BCUT2D eigenvalue weighted by Crippen LogP contribution is 2.09. The first-order valence-corrected chi connectivity index (χ1v) is 6.72. The van der Waals surface area contributed by atoms with Crippen LogP contribution in [0.5, 0.6) is 0 Å². The van der Waals surface area contributed by atoms with Crippen LogP contribution < -0.4 is 10.6 Å². The lowest BCUT2D eigenvalue weighted by molar-refractivity contribution is 0.662. The van der Waals surface area contributed by atoms with Crippen LogP contribution in [0.3, 0.4) is 0 Å². The largest absolute Gasteiger partial charge is 0.385 e. The molecule has 0 fully saturated rings. The van der Waals surface area contributed by atoms with Crippen molar-refractivity contribution in [1.29, 1.82) is 5.26 Å². The first-order chi connectivity index (χ1) is 9.88. The molecule has 2 rings (SSSR count). The van der Waals surface area contributed by atoms with Crippen LogP contribution in [-0.2, 0) is 6.54 Å². The fourth-order valence-corrected chi connectivity index (χ4v) is 1.88. The van der Waals surface area contributed by atoms with Crippen molar-refractivity contribution in [2.45, 2.75) is 13.0 Å². The van der Waals surface area contributed by atoms with E-state index in [1.807, 2.05) is 30.5 Å². The van der Waals surface area contributed by atoms with E-state index in [4.69, 9.17) is 5.26 Å². The van der Waals surface area contributed by atoms with Crippen molar-refractivity contribution in [2.75, 3.05) is 18.4 Å². The van der Waals surface area contributed by atoms with Gasteiger partial charge in [-0.2, -0.15) is 5.26 Å². The molecule has 1 aromatic carbocycles. The molecule has 2 N–H and O–H groups in total. The van der Waals surface area contributed by atoms with E-state index in [9.17, 15) is 0 Å². The van der Waals surface area contributed by atoms with Gasteiger partial charge in [0.15, 0.2) is 0 Å². The van der Waals surface area contributed by atoms with Crippen LogP contribution in [0.4, 0.5) is 5.69 Å². The van der Waals surface area contributed by atoms with E-state index in [0.29, 0.717) is 5.56 Å². The summed E-state index contributed by atoms with van der Waals surface area (Å²) in [7, 11) is 0. The number of aromatic nitrogens is 1. The van der Waals surface area contributed by atoms with Gasteiger partial charge in [0.1, 0.15) is 0 Å². The second-order valence-corrected chi connectivity index (χ2v) is 4.51. The Balaban J connectivity index is 1.61. The van der Waals surface area contributed by atoms with E-state index in [0.717, 1.165) is 31.7 Å². The maximum absolute atomic E-state index is 8.82. The van der Waals surface area contributed by atoms with Gasteiger partial charge in [0.25, 0.3) is 0 Å². The Kier molecular flexibility index (Phi) is 5.56. The van der Waals surface area contributed by atoms with Gasteiger partial charge in [0, 0.05) is 31.2 Å². The summed E-state index contributed by atoms with van der Waals surface area (Å²) in [5.74, 6) is 0. The molecule has 1 aromatic heterocycles. The molecule has 4 heteroatoms. The van der Waals surface area contributed by atoms with Crippen molar-refractivity contribution < 1.29 is 0 Å². The summed E-state index contributed by atoms with van der Waals surface area (Å²) >= 11 is 0. The van der Waals surface area contributed by atoms with Crippen LogP contribution in [0, 0.1) is 11.3 Å². The standard InChI is InChI=1S/C16H18N4/c17-11-14-4-1-6-16(10-14)20-9-3-8-19-13-15-5-2-7-18-12-15/h1-2,4-7,10,12,19-20H,3,8-9,13H2. The third kappa shape index (κ3) is 4.71. The van der Waals surface area contributed by atoms with Crippen molar-refractivity contribution in [3.05, 3.63) is 59.9 Å². The first-order valence-electron chi connectivity index (χ1n) is 6.72. The van der Waals surface area contributed by atoms with Crippen molar-refractivity contribution in [3.63, 3.8) is 0 Å². The van der Waals surface area contributed by atoms with E-state index < -0.39 is 0 Å². The Morgan fingerprint density at radius 2 is 2.10 bits per heavy atom. The van der Waals surface area contributed by atoms with E-state index >= 15 is 0 Å². The third-order valence-corrected chi connectivity index (χ3v) is 2.90. The zero-order valence-corrected chi connectivity index (χ0v) is 11.3. The molecule has 0 aliphatic rings. The van der Waals surface area contributed by atoms with Gasteiger partial charge in [0.2, 0.25) is 0 Å². The molecule has 20 heavy (non-hydrogen) atoms. The van der Waals surface area contributed by atoms with Gasteiger partial charge in [-0.15, -0.1) is 0 Å². The van der Waals surface area contributed by atoms with Crippen molar-refractivity contribution in [2.24, 2.45) is 0 Å². The topological polar surface area (TPSA) is 60.7 Å². The quantitative estimate of drug-likeness (QED) is 0.756. The second kappa shape index (κ2) is 7.93. The normalized spacial score (nSPS) is 9.95. The average Bonchev–Trinajstić information content (AvgIpc) is 2.52. The molecule has 0 atom stereocenters. The van der Waals surface area contributed by atoms with Gasteiger partial charge in [-0.25, -0.2) is 0 Å². The van der Waals surface area contributed by atoms with Crippen LogP contribution >= 0.6 is 0 Å². The molecule has 0 saturated carbocycles. The summed E-state index contributed by atoms with van der Waals surface area (Å²) in [5, 5.41) is 15.5. The fraction of sp³-hybridized carbons (Fsp3) is 0.250. The van der Waals surface area contributed by atoms with Crippen LogP contribution in [0.25, 0.3) is 0 Å². The fourth-order valence-electron chi connectivity index (χ4n) is 1.88. The zero-order chi connectivity index (χ0) is 14.0. The number of hydrogen-bond acceptors (Lipinski definition) is 4. The zero-order valence-electron chi connectivity index (χ0n) is 11.3. The highest BCUT2D eigenvalue weighted by molar-refractivity contribution is 5.48. The number of benzene rings is 1. The number of pyridine rings is 1. The van der Waals surface area contributed by atoms with Gasteiger partial charge >= 0.3 is 0 Å². The summed E-state index contributed by atoms with van der Waals surface area (Å²) in [6, 6.07) is 13.7. The Morgan fingerprint density at radius 3 is 2.90 bits per heavy atom. The Labute approximate surface area is 119 Å². The number of hydrogen-bond donors (Lipinski definition) is 2. The molecule has 0 aliphatic carbocycles. The minimum absolute atomic E-state index is 0.685. The molecule has 0 unspecified atom stereocenters. The highest BCUT2D eigenvalue weighted by atomic mass is 14.9. The monoisotopic (exact) mass is 266 g/mol. The molecule has 2 aromatic rings. The summed E-state index contributed by atoms with van der Waals surface area (Å²) in [6.07, 6.45) is 4.68. The van der Waals surface area contributed by atoms with Gasteiger partial charge in [-0.1, -0.05) is 12.1 Å². The first kappa shape index (κ1) is 14.0. The van der Waals surface area contributed by atoms with Gasteiger partial charge in [-0.3, -0.25) is 4.98 Å². The Hall–Kier alpha value is -2.38. The van der Waals surface area contributed by atoms with Crippen molar-refractivity contribution in [1.82, 2.24) is 10.3 Å². The van der Waals surface area contributed by atoms with Crippen LogP contribution in [-0.4, -0.2) is 18.1 Å². The number of anilines is 1. The molecule has 0 spiro atoms. The van der Waals surface area contributed by atoms with E-state index in [2.05, 4.69) is 27.8 Å². The molecular formula is C16H18N4. The number of rotatable bonds is 7. The molecular weight excluding hydrogens is 248 g/mol. The smallest absolute Gasteiger partial charge is 0.0992 e. The molecule has 4 nitrogen and oxygen atoms in total. The van der Waals surface area contributed by atoms with Gasteiger partial charge < -0.3 is 10.6 Å². The lowest BCUT2D eigenvalue weighted by atomic mass is 10.2. The van der Waals surface area contributed by atoms with Crippen LogP contribution in [0.15, 0.2) is 48.8 Å². The van der Waals surface area contributed by atoms with Crippen molar-refractivity contribution >= 4 is 5.69 Å². The Morgan fingerprint density at radius 1 is 1.15 bits per heavy atom. The minimum Gasteiger partial charge on any atom is -0.385 e. The summed E-state index contributed by atoms with van der Waals surface area (Å²) in [4.78, 5) is 4.08. The highest BCUT2D eigenvalue weighted by Gasteiger charge is 1.95. The molecule has 0 radical (unpaired) electrons. The molecule has 0 amide bonds. The molecule has 0 bridgehead atoms. The lowest BCUT2D eigenvalue weighted by Crippen LogP contribution is -2.17. The molecule has 0 saturated heterocycles. The predicted octanol–water partition coefficient (Wildman–Crippen LogP) is 2.55. The van der Waals surface area contributed by atoms with E-state index in [1.54, 1.807) is 12.3 Å². The minimum atomic E-state index is 0.685. The van der Waals surface area contributed by atoms with Crippen LogP contribution in [0.1, 0.15) is 17.5 Å². The molecule has 1 heterocycles. The molecule has 0 aliphatic heterocycles. The van der Waals surface area contributed by atoms with Gasteiger partial charge in [-0.05, 0) is 42.8 Å². The maximum Gasteiger partial charge on any atom is 0.0992 e. The Bertz CT molecular complexity index is 560. The number of nitriles is 1. The molecule has 102 valence electrons. The third-order valence-electron chi connectivity index (χ3n) is 2.90. The van der Waals surface area contributed by atoms with E-state index in [1.165, 1.54) is 5.56 Å². The maximum atomic E-state index is 8.82. The van der Waals surface area contributed by atoms with Gasteiger partial charge in [0.05, 0.1) is 11.6 Å². The van der Waals surface area contributed by atoms with Crippen LogP contribution in [0.2, 0.25) is 0 Å². The summed E-state index contributed by atoms with van der Waals surface area (Å²) in [6.45, 7) is 2.67. The van der Waals surface area contributed by atoms with Crippen molar-refractivity contribution in [3.8, 4) is 6.07 Å². The number of nitrogens with zero attached hydrogens (tertiary/aromatic N) is 2.